The summed E-state index contributed by atoms with van der Waals surface area (Å²) in [5.41, 5.74) is 2.44. The van der Waals surface area contributed by atoms with Crippen LogP contribution < -0.4 is 5.32 Å². The number of carbonyl (C=O) groups is 1. The molecule has 0 aliphatic carbocycles. The highest BCUT2D eigenvalue weighted by molar-refractivity contribution is 9.10. The van der Waals surface area contributed by atoms with Gasteiger partial charge in [0.15, 0.2) is 0 Å². The van der Waals surface area contributed by atoms with Crippen molar-refractivity contribution in [2.24, 2.45) is 0 Å². The third-order valence-corrected chi connectivity index (χ3v) is 4.68. The number of aryl methyl sites for hydroxylation is 2. The number of ether oxygens (including phenoxy) is 1. The Labute approximate surface area is 149 Å². The minimum atomic E-state index is -0.0844. The number of nitrogens with zero attached hydrogens (tertiary/aromatic N) is 3. The van der Waals surface area contributed by atoms with Crippen molar-refractivity contribution in [3.8, 4) is 0 Å². The Balaban J connectivity index is 1.82. The van der Waals surface area contributed by atoms with Crippen LogP contribution in [0.2, 0.25) is 0 Å². The van der Waals surface area contributed by atoms with Crippen LogP contribution in [-0.4, -0.2) is 47.1 Å². The standard InChI is InChI=1S/C17H19BrN4O2/c1-11-9-13(3-4-14(11)18)21-16-10-15(19-12(2)20-16)17(23)22-5-7-24-8-6-22/h3-4,9-10H,5-8H2,1-2H3,(H,19,20,21). The molecule has 0 spiro atoms. The zero-order valence-electron chi connectivity index (χ0n) is 13.7. The van der Waals surface area contributed by atoms with Gasteiger partial charge in [0.25, 0.3) is 5.91 Å². The number of carbonyl (C=O) groups excluding carboxylic acids is 1. The molecular weight excluding hydrogens is 372 g/mol. The van der Waals surface area contributed by atoms with Gasteiger partial charge in [0.05, 0.1) is 13.2 Å². The summed E-state index contributed by atoms with van der Waals surface area (Å²) in [6, 6.07) is 7.65. The van der Waals surface area contributed by atoms with Crippen molar-refractivity contribution in [3.63, 3.8) is 0 Å². The number of hydrogen-bond acceptors (Lipinski definition) is 5. The first-order valence-corrected chi connectivity index (χ1v) is 8.58. The van der Waals surface area contributed by atoms with Gasteiger partial charge in [-0.1, -0.05) is 15.9 Å². The van der Waals surface area contributed by atoms with Crippen LogP contribution in [0.5, 0.6) is 0 Å². The third-order valence-electron chi connectivity index (χ3n) is 3.79. The van der Waals surface area contributed by atoms with E-state index >= 15 is 0 Å². The van der Waals surface area contributed by atoms with Gasteiger partial charge in [-0.2, -0.15) is 0 Å². The highest BCUT2D eigenvalue weighted by Crippen LogP contribution is 2.22. The minimum absolute atomic E-state index is 0.0844. The van der Waals surface area contributed by atoms with E-state index in [-0.39, 0.29) is 5.91 Å². The first-order valence-electron chi connectivity index (χ1n) is 7.79. The number of morpholine rings is 1. The molecule has 0 saturated carbocycles. The van der Waals surface area contributed by atoms with Crippen LogP contribution in [-0.2, 0) is 4.74 Å². The van der Waals surface area contributed by atoms with Crippen LogP contribution >= 0.6 is 15.9 Å². The monoisotopic (exact) mass is 390 g/mol. The first-order chi connectivity index (χ1) is 11.5. The molecule has 1 aromatic heterocycles. The Kier molecular flexibility index (Phi) is 5.11. The van der Waals surface area contributed by atoms with Gasteiger partial charge in [-0.25, -0.2) is 9.97 Å². The van der Waals surface area contributed by atoms with Crippen LogP contribution in [0.25, 0.3) is 0 Å². The zero-order chi connectivity index (χ0) is 17.1. The number of rotatable bonds is 3. The maximum atomic E-state index is 12.6. The van der Waals surface area contributed by atoms with E-state index in [9.17, 15) is 4.79 Å². The van der Waals surface area contributed by atoms with E-state index in [4.69, 9.17) is 4.74 Å². The van der Waals surface area contributed by atoms with E-state index in [2.05, 4.69) is 31.2 Å². The first kappa shape index (κ1) is 16.9. The SMILES string of the molecule is Cc1nc(Nc2ccc(Br)c(C)c2)cc(C(=O)N2CCOCC2)n1. The second kappa shape index (κ2) is 7.27. The molecule has 24 heavy (non-hydrogen) atoms. The molecule has 7 heteroatoms. The number of hydrogen-bond donors (Lipinski definition) is 1. The molecule has 0 bridgehead atoms. The lowest BCUT2D eigenvalue weighted by Crippen LogP contribution is -2.41. The molecule has 1 fully saturated rings. The molecule has 1 aromatic carbocycles. The lowest BCUT2D eigenvalue weighted by molar-refractivity contribution is 0.0299. The molecule has 2 heterocycles. The highest BCUT2D eigenvalue weighted by atomic mass is 79.9. The van der Waals surface area contributed by atoms with Gasteiger partial charge in [-0.15, -0.1) is 0 Å². The topological polar surface area (TPSA) is 67.4 Å². The van der Waals surface area contributed by atoms with E-state index in [0.29, 0.717) is 43.6 Å². The second-order valence-electron chi connectivity index (χ2n) is 5.68. The van der Waals surface area contributed by atoms with Crippen molar-refractivity contribution in [2.75, 3.05) is 31.6 Å². The summed E-state index contributed by atoms with van der Waals surface area (Å²) in [5, 5.41) is 3.24. The predicted molar refractivity (Wildman–Crippen MR) is 95.7 cm³/mol. The Bertz CT molecular complexity index is 760. The maximum Gasteiger partial charge on any atom is 0.272 e. The highest BCUT2D eigenvalue weighted by Gasteiger charge is 2.20. The van der Waals surface area contributed by atoms with Gasteiger partial charge in [-0.05, 0) is 37.6 Å². The lowest BCUT2D eigenvalue weighted by atomic mass is 10.2. The summed E-state index contributed by atoms with van der Waals surface area (Å²) >= 11 is 3.49. The number of amides is 1. The van der Waals surface area contributed by atoms with E-state index < -0.39 is 0 Å². The molecule has 1 aliphatic heterocycles. The Morgan fingerprint density at radius 3 is 2.67 bits per heavy atom. The molecule has 126 valence electrons. The summed E-state index contributed by atoms with van der Waals surface area (Å²) in [5.74, 6) is 1.09. The minimum Gasteiger partial charge on any atom is -0.378 e. The molecule has 1 saturated heterocycles. The number of halogens is 1. The van der Waals surface area contributed by atoms with Gasteiger partial charge >= 0.3 is 0 Å². The molecule has 1 N–H and O–H groups in total. The van der Waals surface area contributed by atoms with Crippen molar-refractivity contribution in [2.45, 2.75) is 13.8 Å². The van der Waals surface area contributed by atoms with Crippen LogP contribution in [0.1, 0.15) is 21.9 Å². The molecule has 3 rings (SSSR count). The lowest BCUT2D eigenvalue weighted by Gasteiger charge is -2.26. The molecule has 6 nitrogen and oxygen atoms in total. The summed E-state index contributed by atoms with van der Waals surface area (Å²) in [7, 11) is 0. The van der Waals surface area contributed by atoms with Crippen molar-refractivity contribution in [3.05, 3.63) is 45.8 Å². The summed E-state index contributed by atoms with van der Waals surface area (Å²) in [6.45, 7) is 6.13. The number of anilines is 2. The average Bonchev–Trinajstić information content (AvgIpc) is 2.58. The van der Waals surface area contributed by atoms with E-state index in [1.54, 1.807) is 17.9 Å². The van der Waals surface area contributed by atoms with Gasteiger partial charge in [0.2, 0.25) is 0 Å². The molecule has 1 amide bonds. The van der Waals surface area contributed by atoms with Gasteiger partial charge < -0.3 is 15.0 Å². The van der Waals surface area contributed by atoms with Crippen LogP contribution in [0.4, 0.5) is 11.5 Å². The fraction of sp³-hybridized carbons (Fsp3) is 0.353. The van der Waals surface area contributed by atoms with Crippen molar-refractivity contribution in [1.82, 2.24) is 14.9 Å². The molecular formula is C17H19BrN4O2. The van der Waals surface area contributed by atoms with Crippen LogP contribution in [0, 0.1) is 13.8 Å². The maximum absolute atomic E-state index is 12.6. The molecule has 1 aliphatic rings. The molecule has 0 unspecified atom stereocenters. The average molecular weight is 391 g/mol. The zero-order valence-corrected chi connectivity index (χ0v) is 15.3. The fourth-order valence-electron chi connectivity index (χ4n) is 2.54. The van der Waals surface area contributed by atoms with E-state index in [0.717, 1.165) is 15.7 Å². The normalized spacial score (nSPS) is 14.5. The Morgan fingerprint density at radius 2 is 1.96 bits per heavy atom. The van der Waals surface area contributed by atoms with Crippen molar-refractivity contribution < 1.29 is 9.53 Å². The Hall–Kier alpha value is -1.99. The third kappa shape index (κ3) is 3.91. The van der Waals surface area contributed by atoms with Gasteiger partial charge in [-0.3, -0.25) is 4.79 Å². The number of nitrogens with one attached hydrogen (secondary N) is 1. The summed E-state index contributed by atoms with van der Waals surface area (Å²) in [4.78, 5) is 23.0. The second-order valence-corrected chi connectivity index (χ2v) is 6.53. The summed E-state index contributed by atoms with van der Waals surface area (Å²) < 4.78 is 6.34. The van der Waals surface area contributed by atoms with E-state index in [1.165, 1.54) is 0 Å². The summed E-state index contributed by atoms with van der Waals surface area (Å²) in [6.07, 6.45) is 0. The Morgan fingerprint density at radius 1 is 1.21 bits per heavy atom. The number of benzene rings is 1. The molecule has 0 atom stereocenters. The molecule has 2 aromatic rings. The van der Waals surface area contributed by atoms with Gasteiger partial charge in [0, 0.05) is 29.3 Å². The molecule has 0 radical (unpaired) electrons. The van der Waals surface area contributed by atoms with E-state index in [1.807, 2.05) is 25.1 Å². The quantitative estimate of drug-likeness (QED) is 0.871. The fourth-order valence-corrected chi connectivity index (χ4v) is 2.79. The van der Waals surface area contributed by atoms with Crippen molar-refractivity contribution >= 4 is 33.3 Å². The van der Waals surface area contributed by atoms with Crippen molar-refractivity contribution in [1.29, 1.82) is 0 Å². The van der Waals surface area contributed by atoms with Crippen LogP contribution in [0.15, 0.2) is 28.7 Å². The number of aromatic nitrogens is 2. The largest absolute Gasteiger partial charge is 0.378 e. The smallest absolute Gasteiger partial charge is 0.272 e. The van der Waals surface area contributed by atoms with Crippen LogP contribution in [0.3, 0.4) is 0 Å². The predicted octanol–water partition coefficient (Wildman–Crippen LogP) is 3.07. The van der Waals surface area contributed by atoms with Gasteiger partial charge in [0.1, 0.15) is 17.3 Å².